The van der Waals surface area contributed by atoms with Gasteiger partial charge in [-0.05, 0) is 75.5 Å². The van der Waals surface area contributed by atoms with E-state index in [0.717, 1.165) is 42.8 Å². The summed E-state index contributed by atoms with van der Waals surface area (Å²) in [6, 6.07) is 14.2. The van der Waals surface area contributed by atoms with Crippen molar-refractivity contribution in [2.45, 2.75) is 56.0 Å². The predicted octanol–water partition coefficient (Wildman–Crippen LogP) is 3.50. The van der Waals surface area contributed by atoms with E-state index in [1.54, 1.807) is 31.4 Å². The van der Waals surface area contributed by atoms with Crippen molar-refractivity contribution in [3.63, 3.8) is 0 Å². The van der Waals surface area contributed by atoms with E-state index >= 15 is 0 Å². The predicted molar refractivity (Wildman–Crippen MR) is 132 cm³/mol. The Morgan fingerprint density at radius 1 is 1.00 bits per heavy atom. The Labute approximate surface area is 203 Å². The van der Waals surface area contributed by atoms with E-state index in [9.17, 15) is 13.2 Å². The molecule has 2 heterocycles. The highest BCUT2D eigenvalue weighted by Gasteiger charge is 2.39. The zero-order valence-corrected chi connectivity index (χ0v) is 20.9. The van der Waals surface area contributed by atoms with Gasteiger partial charge in [-0.15, -0.1) is 0 Å². The number of nitrogens with one attached hydrogen (secondary N) is 1. The Morgan fingerprint density at radius 2 is 1.68 bits per heavy atom. The summed E-state index contributed by atoms with van der Waals surface area (Å²) in [4.78, 5) is 15.9. The van der Waals surface area contributed by atoms with Crippen molar-refractivity contribution in [3.8, 4) is 5.75 Å². The van der Waals surface area contributed by atoms with Crippen LogP contribution in [-0.4, -0.2) is 62.9 Å². The summed E-state index contributed by atoms with van der Waals surface area (Å²) in [6.45, 7) is 4.71. The molecule has 0 aliphatic carbocycles. The Balaban J connectivity index is 1.48. The van der Waals surface area contributed by atoms with Crippen LogP contribution in [0.25, 0.3) is 0 Å². The van der Waals surface area contributed by atoms with Gasteiger partial charge in [0.2, 0.25) is 15.9 Å². The summed E-state index contributed by atoms with van der Waals surface area (Å²) >= 11 is 0. The molecule has 2 saturated heterocycles. The zero-order valence-electron chi connectivity index (χ0n) is 20.1. The summed E-state index contributed by atoms with van der Waals surface area (Å²) in [6.07, 6.45) is 4.73. The molecule has 2 aromatic rings. The quantitative estimate of drug-likeness (QED) is 0.619. The molecule has 7 nitrogen and oxygen atoms in total. The van der Waals surface area contributed by atoms with Crippen molar-refractivity contribution in [2.75, 3.05) is 33.3 Å². The number of amides is 1. The maximum atomic E-state index is 13.3. The minimum absolute atomic E-state index is 0.0405. The van der Waals surface area contributed by atoms with E-state index in [1.165, 1.54) is 10.7 Å². The number of nitrogens with zero attached hydrogens (tertiary/aromatic N) is 2. The monoisotopic (exact) mass is 485 g/mol. The minimum Gasteiger partial charge on any atom is -0.497 e. The van der Waals surface area contributed by atoms with Crippen LogP contribution in [0.4, 0.5) is 0 Å². The zero-order chi connectivity index (χ0) is 24.1. The molecule has 2 fully saturated rings. The van der Waals surface area contributed by atoms with E-state index in [4.69, 9.17) is 4.74 Å². The molecule has 4 rings (SSSR count). The first-order valence-corrected chi connectivity index (χ1v) is 13.6. The first-order valence-electron chi connectivity index (χ1n) is 12.1. The summed E-state index contributed by atoms with van der Waals surface area (Å²) in [5, 5.41) is 3.09. The maximum absolute atomic E-state index is 13.3. The van der Waals surface area contributed by atoms with Gasteiger partial charge in [-0.25, -0.2) is 8.42 Å². The van der Waals surface area contributed by atoms with Crippen molar-refractivity contribution < 1.29 is 17.9 Å². The van der Waals surface area contributed by atoms with Crippen LogP contribution in [0.3, 0.4) is 0 Å². The number of aryl methyl sites for hydroxylation is 1. The first kappa shape index (κ1) is 24.7. The third kappa shape index (κ3) is 5.45. The molecule has 34 heavy (non-hydrogen) atoms. The molecule has 2 aliphatic heterocycles. The van der Waals surface area contributed by atoms with Gasteiger partial charge in [0.25, 0.3) is 0 Å². The molecule has 0 unspecified atom stereocenters. The fourth-order valence-corrected chi connectivity index (χ4v) is 6.62. The number of ether oxygens (including phenoxy) is 1. The smallest absolute Gasteiger partial charge is 0.243 e. The fraction of sp³-hybridized carbons (Fsp3) is 0.500. The van der Waals surface area contributed by atoms with Gasteiger partial charge in [-0.3, -0.25) is 9.69 Å². The van der Waals surface area contributed by atoms with Crippen LogP contribution in [0.5, 0.6) is 5.75 Å². The second-order valence-electron chi connectivity index (χ2n) is 9.22. The molecule has 1 N–H and O–H groups in total. The molecule has 0 radical (unpaired) electrons. The van der Waals surface area contributed by atoms with Gasteiger partial charge in [0.15, 0.2) is 0 Å². The molecule has 0 bridgehead atoms. The first-order chi connectivity index (χ1) is 16.4. The molecule has 2 aromatic carbocycles. The number of methoxy groups -OCH3 is 1. The number of piperidine rings is 1. The number of sulfonamides is 1. The van der Waals surface area contributed by atoms with E-state index in [2.05, 4.69) is 10.2 Å². The van der Waals surface area contributed by atoms with Crippen LogP contribution >= 0.6 is 0 Å². The molecule has 2 aliphatic rings. The molecule has 2 atom stereocenters. The summed E-state index contributed by atoms with van der Waals surface area (Å²) in [5.74, 6) is 0.580. The van der Waals surface area contributed by atoms with Crippen molar-refractivity contribution >= 4 is 15.9 Å². The lowest BCUT2D eigenvalue weighted by Gasteiger charge is -2.35. The average Bonchev–Trinajstić information content (AvgIpc) is 3.37. The topological polar surface area (TPSA) is 79.0 Å². The van der Waals surface area contributed by atoms with E-state index in [1.807, 2.05) is 31.2 Å². The maximum Gasteiger partial charge on any atom is 0.243 e. The largest absolute Gasteiger partial charge is 0.497 e. The highest BCUT2D eigenvalue weighted by atomic mass is 32.2. The van der Waals surface area contributed by atoms with Gasteiger partial charge in [0.1, 0.15) is 11.8 Å². The van der Waals surface area contributed by atoms with Crippen LogP contribution in [0.1, 0.15) is 49.3 Å². The lowest BCUT2D eigenvalue weighted by atomic mass is 10.0. The fourth-order valence-electron chi connectivity index (χ4n) is 4.96. The molecule has 0 spiro atoms. The van der Waals surface area contributed by atoms with Crippen molar-refractivity contribution in [2.24, 2.45) is 0 Å². The highest BCUT2D eigenvalue weighted by Crippen LogP contribution is 2.28. The number of hydrogen-bond donors (Lipinski definition) is 1. The van der Waals surface area contributed by atoms with Crippen LogP contribution in [0, 0.1) is 6.92 Å². The second kappa shape index (κ2) is 10.9. The lowest BCUT2D eigenvalue weighted by molar-refractivity contribution is -0.124. The summed E-state index contributed by atoms with van der Waals surface area (Å²) in [7, 11) is -2.07. The third-order valence-electron chi connectivity index (χ3n) is 6.94. The summed E-state index contributed by atoms with van der Waals surface area (Å²) in [5.41, 5.74) is 2.12. The molecule has 0 saturated carbocycles. The average molecular weight is 486 g/mol. The van der Waals surface area contributed by atoms with Gasteiger partial charge in [-0.1, -0.05) is 36.2 Å². The Morgan fingerprint density at radius 3 is 2.32 bits per heavy atom. The number of rotatable bonds is 8. The lowest BCUT2D eigenvalue weighted by Crippen LogP contribution is -2.48. The Hall–Kier alpha value is -2.42. The molecular formula is C26H35N3O4S. The summed E-state index contributed by atoms with van der Waals surface area (Å²) < 4.78 is 33.2. The van der Waals surface area contributed by atoms with Crippen molar-refractivity contribution in [1.29, 1.82) is 0 Å². The van der Waals surface area contributed by atoms with Crippen LogP contribution in [-0.2, 0) is 14.8 Å². The van der Waals surface area contributed by atoms with Crippen LogP contribution in [0.2, 0.25) is 0 Å². The standard InChI is InChI=1S/C26H35N3O4S/c1-20-8-14-23(15-9-20)34(31,32)29-18-6-7-24(29)26(30)27-19-25(28-16-4-3-5-17-28)21-10-12-22(33-2)13-11-21/h8-15,24-25H,3-7,16-19H2,1-2H3,(H,27,30)/t24-,25-/m0/s1. The second-order valence-corrected chi connectivity index (χ2v) is 11.1. The number of carbonyl (C=O) groups is 1. The molecule has 1 amide bonds. The van der Waals surface area contributed by atoms with Crippen LogP contribution < -0.4 is 10.1 Å². The van der Waals surface area contributed by atoms with E-state index in [-0.39, 0.29) is 16.8 Å². The van der Waals surface area contributed by atoms with Gasteiger partial charge >= 0.3 is 0 Å². The van der Waals surface area contributed by atoms with Gasteiger partial charge in [0.05, 0.1) is 18.0 Å². The van der Waals surface area contributed by atoms with Crippen molar-refractivity contribution in [3.05, 3.63) is 59.7 Å². The SMILES string of the molecule is COc1ccc([C@H](CNC(=O)[C@@H]2CCCN2S(=O)(=O)c2ccc(C)cc2)N2CCCCC2)cc1. The van der Waals surface area contributed by atoms with Gasteiger partial charge in [0, 0.05) is 13.1 Å². The molecule has 8 heteroatoms. The number of carbonyl (C=O) groups excluding carboxylic acids is 1. The Kier molecular flexibility index (Phi) is 7.91. The van der Waals surface area contributed by atoms with E-state index < -0.39 is 16.1 Å². The minimum atomic E-state index is -3.72. The van der Waals surface area contributed by atoms with E-state index in [0.29, 0.717) is 25.9 Å². The van der Waals surface area contributed by atoms with Gasteiger partial charge < -0.3 is 10.1 Å². The van der Waals surface area contributed by atoms with Gasteiger partial charge in [-0.2, -0.15) is 4.31 Å². The van der Waals surface area contributed by atoms with Crippen LogP contribution in [0.15, 0.2) is 53.4 Å². The highest BCUT2D eigenvalue weighted by molar-refractivity contribution is 7.89. The number of likely N-dealkylation sites (tertiary alicyclic amines) is 1. The normalized spacial score (nSPS) is 20.7. The third-order valence-corrected chi connectivity index (χ3v) is 8.86. The number of hydrogen-bond acceptors (Lipinski definition) is 5. The Bertz CT molecular complexity index is 1060. The molecule has 0 aromatic heterocycles. The molecule has 184 valence electrons. The van der Waals surface area contributed by atoms with Crippen molar-refractivity contribution in [1.82, 2.24) is 14.5 Å². The number of benzene rings is 2. The molecular weight excluding hydrogens is 450 g/mol.